The van der Waals surface area contributed by atoms with E-state index in [-0.39, 0.29) is 46.3 Å². The predicted molar refractivity (Wildman–Crippen MR) is 116 cm³/mol. The number of ketones is 2. The third kappa shape index (κ3) is 3.80. The van der Waals surface area contributed by atoms with Crippen LogP contribution in [0.2, 0.25) is 0 Å². The highest BCUT2D eigenvalue weighted by Crippen LogP contribution is 2.26. The van der Waals surface area contributed by atoms with E-state index in [1.807, 2.05) is 0 Å². The summed E-state index contributed by atoms with van der Waals surface area (Å²) in [6.45, 7) is 5.17. The lowest BCUT2D eigenvalue weighted by Crippen LogP contribution is -2.48. The molecule has 8 nitrogen and oxygen atoms in total. The SMILES string of the molecule is CCOC(=O)OC1=c2ccccc2=C2C(=O)C(OC(=O)OCC)=c3cc(C)ccc3=C2C1=O. The zero-order valence-electron chi connectivity index (χ0n) is 18.2. The molecule has 0 bridgehead atoms. The molecule has 2 aliphatic carbocycles. The Bertz CT molecular complexity index is 1460. The average molecular weight is 448 g/mol. The predicted octanol–water partition coefficient (Wildman–Crippen LogP) is 0.725. The van der Waals surface area contributed by atoms with E-state index in [0.29, 0.717) is 10.4 Å². The van der Waals surface area contributed by atoms with Crippen LogP contribution in [0.3, 0.4) is 0 Å². The number of fused-ring (bicyclic) bond motifs is 3. The van der Waals surface area contributed by atoms with Gasteiger partial charge in [-0.2, -0.15) is 0 Å². The van der Waals surface area contributed by atoms with Crippen molar-refractivity contribution in [2.45, 2.75) is 20.8 Å². The molecule has 0 aromatic heterocycles. The van der Waals surface area contributed by atoms with Gasteiger partial charge in [0.2, 0.25) is 11.6 Å². The van der Waals surface area contributed by atoms with Crippen LogP contribution in [0.4, 0.5) is 9.59 Å². The Labute approximate surface area is 188 Å². The molecule has 0 saturated heterocycles. The van der Waals surface area contributed by atoms with Crippen LogP contribution in [-0.4, -0.2) is 37.1 Å². The number of benzene rings is 2. The molecule has 33 heavy (non-hydrogen) atoms. The minimum Gasteiger partial charge on any atom is -0.434 e. The second-order valence-corrected chi connectivity index (χ2v) is 7.23. The van der Waals surface area contributed by atoms with Gasteiger partial charge in [0.1, 0.15) is 0 Å². The first kappa shape index (κ1) is 22.0. The minimum atomic E-state index is -1.02. The number of carbonyl (C=O) groups excluding carboxylic acids is 4. The van der Waals surface area contributed by atoms with Crippen molar-refractivity contribution < 1.29 is 38.1 Å². The highest BCUT2D eigenvalue weighted by atomic mass is 16.7. The molecule has 0 aliphatic heterocycles. The second-order valence-electron chi connectivity index (χ2n) is 7.23. The highest BCUT2D eigenvalue weighted by molar-refractivity contribution is 6.58. The van der Waals surface area contributed by atoms with Crippen molar-refractivity contribution in [2.75, 3.05) is 13.2 Å². The number of aryl methyl sites for hydroxylation is 1. The number of ether oxygens (including phenoxy) is 4. The van der Waals surface area contributed by atoms with Gasteiger partial charge < -0.3 is 18.9 Å². The smallest absolute Gasteiger partial charge is 0.434 e. The average Bonchev–Trinajstić information content (AvgIpc) is 2.78. The number of Topliss-reactive ketones (excluding diaryl/α,β-unsaturated/α-hetero) is 2. The lowest BCUT2D eigenvalue weighted by Gasteiger charge is -2.22. The Hall–Kier alpha value is -4.20. The van der Waals surface area contributed by atoms with E-state index in [4.69, 9.17) is 18.9 Å². The van der Waals surface area contributed by atoms with Gasteiger partial charge in [0.25, 0.3) is 0 Å². The van der Waals surface area contributed by atoms with Crippen LogP contribution in [0.1, 0.15) is 19.4 Å². The van der Waals surface area contributed by atoms with E-state index in [0.717, 1.165) is 5.56 Å². The van der Waals surface area contributed by atoms with E-state index in [1.165, 1.54) is 0 Å². The molecule has 2 aromatic rings. The van der Waals surface area contributed by atoms with Gasteiger partial charge in [-0.25, -0.2) is 9.59 Å². The summed E-state index contributed by atoms with van der Waals surface area (Å²) in [6, 6.07) is 11.6. The second kappa shape index (κ2) is 8.74. The third-order valence-electron chi connectivity index (χ3n) is 5.14. The summed E-state index contributed by atoms with van der Waals surface area (Å²) < 4.78 is 20.3. The Morgan fingerprint density at radius 3 is 1.73 bits per heavy atom. The molecular weight excluding hydrogens is 428 g/mol. The van der Waals surface area contributed by atoms with Gasteiger partial charge in [0.15, 0.2) is 11.5 Å². The van der Waals surface area contributed by atoms with Crippen LogP contribution in [0, 0.1) is 6.92 Å². The van der Waals surface area contributed by atoms with Gasteiger partial charge in [-0.3, -0.25) is 9.59 Å². The fraction of sp³-hybridized carbons (Fsp3) is 0.200. The van der Waals surface area contributed by atoms with Crippen molar-refractivity contribution in [1.82, 2.24) is 0 Å². The van der Waals surface area contributed by atoms with E-state index < -0.39 is 23.9 Å². The molecule has 0 amide bonds. The first-order valence-electron chi connectivity index (χ1n) is 10.3. The number of hydrogen-bond acceptors (Lipinski definition) is 8. The van der Waals surface area contributed by atoms with Gasteiger partial charge >= 0.3 is 12.3 Å². The van der Waals surface area contributed by atoms with Crippen molar-refractivity contribution in [3.8, 4) is 0 Å². The van der Waals surface area contributed by atoms with Crippen LogP contribution in [0.5, 0.6) is 0 Å². The molecule has 8 heteroatoms. The molecule has 0 heterocycles. The lowest BCUT2D eigenvalue weighted by molar-refractivity contribution is -0.112. The fourth-order valence-electron chi connectivity index (χ4n) is 3.84. The summed E-state index contributed by atoms with van der Waals surface area (Å²) in [4.78, 5) is 51.3. The van der Waals surface area contributed by atoms with E-state index in [1.54, 1.807) is 63.2 Å². The van der Waals surface area contributed by atoms with E-state index in [9.17, 15) is 19.2 Å². The molecule has 0 fully saturated rings. The maximum Gasteiger partial charge on any atom is 0.513 e. The van der Waals surface area contributed by atoms with E-state index >= 15 is 0 Å². The fourth-order valence-corrected chi connectivity index (χ4v) is 3.84. The molecule has 168 valence electrons. The van der Waals surface area contributed by atoms with Crippen molar-refractivity contribution in [1.29, 1.82) is 0 Å². The van der Waals surface area contributed by atoms with Crippen LogP contribution in [-0.2, 0) is 28.5 Å². The molecule has 2 aliphatic rings. The molecule has 0 unspecified atom stereocenters. The van der Waals surface area contributed by atoms with Crippen molar-refractivity contribution in [3.63, 3.8) is 0 Å². The van der Waals surface area contributed by atoms with Crippen molar-refractivity contribution in [2.24, 2.45) is 0 Å². The van der Waals surface area contributed by atoms with Crippen LogP contribution in [0.15, 0.2) is 42.5 Å². The molecule has 0 spiro atoms. The van der Waals surface area contributed by atoms with E-state index in [2.05, 4.69) is 0 Å². The van der Waals surface area contributed by atoms with Crippen molar-refractivity contribution >= 4 is 46.5 Å². The molecule has 0 saturated carbocycles. The maximum absolute atomic E-state index is 13.6. The first-order valence-corrected chi connectivity index (χ1v) is 10.3. The molecule has 0 N–H and O–H groups in total. The zero-order valence-corrected chi connectivity index (χ0v) is 18.2. The summed E-state index contributed by atoms with van der Waals surface area (Å²) >= 11 is 0. The normalized spacial score (nSPS) is 14.3. The molecule has 2 aromatic carbocycles. The van der Waals surface area contributed by atoms with Gasteiger partial charge in [0.05, 0.1) is 13.2 Å². The largest absolute Gasteiger partial charge is 0.513 e. The summed E-state index contributed by atoms with van der Waals surface area (Å²) in [5.74, 6) is -1.77. The lowest BCUT2D eigenvalue weighted by atomic mass is 9.83. The van der Waals surface area contributed by atoms with Crippen LogP contribution < -0.4 is 20.9 Å². The van der Waals surface area contributed by atoms with Crippen LogP contribution in [0.25, 0.3) is 22.7 Å². The topological polar surface area (TPSA) is 105 Å². The number of hydrogen-bond donors (Lipinski definition) is 0. The Morgan fingerprint density at radius 1 is 0.697 bits per heavy atom. The third-order valence-corrected chi connectivity index (χ3v) is 5.14. The Balaban J connectivity index is 2.09. The minimum absolute atomic E-state index is 0.0578. The Morgan fingerprint density at radius 2 is 1.18 bits per heavy atom. The first-order chi connectivity index (χ1) is 15.9. The summed E-state index contributed by atoms with van der Waals surface area (Å²) in [5.41, 5.74) is 0.901. The molecule has 0 atom stereocenters. The monoisotopic (exact) mass is 448 g/mol. The van der Waals surface area contributed by atoms with Crippen molar-refractivity contribution in [3.05, 3.63) is 68.9 Å². The van der Waals surface area contributed by atoms with Gasteiger partial charge in [0, 0.05) is 21.6 Å². The van der Waals surface area contributed by atoms with Gasteiger partial charge in [-0.1, -0.05) is 42.0 Å². The molecule has 4 rings (SSSR count). The molecule has 0 radical (unpaired) electrons. The van der Waals surface area contributed by atoms with Gasteiger partial charge in [-0.05, 0) is 37.3 Å². The highest BCUT2D eigenvalue weighted by Gasteiger charge is 2.37. The zero-order chi connectivity index (χ0) is 23.7. The number of rotatable bonds is 4. The Kier molecular flexibility index (Phi) is 5.83. The summed E-state index contributed by atoms with van der Waals surface area (Å²) in [7, 11) is 0. The maximum atomic E-state index is 13.6. The standard InChI is InChI=1S/C25H20O8/c1-4-30-24(28)32-22-16-9-7-6-8-14(16)18-19(20(22)26)15-11-10-13(3)12-17(15)23(21(18)27)33-25(29)31-5-2/h6-12H,4-5H2,1-3H3. The summed E-state index contributed by atoms with van der Waals surface area (Å²) in [5, 5.41) is 1.27. The van der Waals surface area contributed by atoms with Crippen LogP contribution >= 0.6 is 0 Å². The number of carbonyl (C=O) groups is 4. The quantitative estimate of drug-likeness (QED) is 0.631. The molecular formula is C25H20O8. The summed E-state index contributed by atoms with van der Waals surface area (Å²) in [6.07, 6.45) is -2.05. The van der Waals surface area contributed by atoms with Gasteiger partial charge in [-0.15, -0.1) is 0 Å².